The van der Waals surface area contributed by atoms with Gasteiger partial charge in [-0.3, -0.25) is 0 Å². The van der Waals surface area contributed by atoms with Gasteiger partial charge in [-0.1, -0.05) is 42.3 Å². The lowest BCUT2D eigenvalue weighted by Gasteiger charge is -2.53. The number of carbonyl (C=O) groups is 1. The van der Waals surface area contributed by atoms with Gasteiger partial charge in [-0.15, -0.1) is 6.58 Å². The minimum atomic E-state index is -1.81. The van der Waals surface area contributed by atoms with Gasteiger partial charge >= 0.3 is 5.97 Å². The first kappa shape index (κ1) is 48.1. The number of nitrogens with zero attached hydrogens (tertiary/aromatic N) is 2. The van der Waals surface area contributed by atoms with Gasteiger partial charge in [0.1, 0.15) is 42.3 Å². The maximum absolute atomic E-state index is 12.6. The molecule has 3 aromatic rings. The van der Waals surface area contributed by atoms with E-state index in [0.29, 0.717) is 63.0 Å². The molecule has 4 aliphatic heterocycles. The summed E-state index contributed by atoms with van der Waals surface area (Å²) in [4.78, 5) is 11.5. The summed E-state index contributed by atoms with van der Waals surface area (Å²) in [7, 11) is 1.65. The number of fused-ring (bicyclic) bond motifs is 7. The second kappa shape index (κ2) is 20.4. The molecule has 6 aliphatic rings. The number of aromatic carboxylic acids is 1. The van der Waals surface area contributed by atoms with Crippen molar-refractivity contribution in [3.8, 4) is 23.8 Å². The number of ether oxygens (including phenoxy) is 5. The number of hydrogen-bond donors (Lipinski definition) is 6. The molecule has 2 fully saturated rings. The van der Waals surface area contributed by atoms with Crippen molar-refractivity contribution in [3.63, 3.8) is 0 Å². The van der Waals surface area contributed by atoms with Crippen LogP contribution < -0.4 is 4.74 Å². The van der Waals surface area contributed by atoms with Gasteiger partial charge in [0, 0.05) is 68.7 Å². The van der Waals surface area contributed by atoms with Crippen molar-refractivity contribution in [2.45, 2.75) is 119 Å². The minimum absolute atomic E-state index is 0.00435. The Morgan fingerprint density at radius 3 is 2.67 bits per heavy atom. The Morgan fingerprint density at radius 1 is 1.12 bits per heavy atom. The van der Waals surface area contributed by atoms with Crippen molar-refractivity contribution in [1.82, 2.24) is 4.57 Å². The predicted octanol–water partition coefficient (Wildman–Crippen LogP) is 5.24. The molecule has 1 aromatic heterocycles. The third-order valence-electron chi connectivity index (χ3n) is 14.7. The maximum Gasteiger partial charge on any atom is 0.335 e. The van der Waals surface area contributed by atoms with Gasteiger partial charge in [0.05, 0.1) is 35.7 Å². The molecule has 67 heavy (non-hydrogen) atoms. The van der Waals surface area contributed by atoms with Gasteiger partial charge in [0.15, 0.2) is 5.60 Å². The van der Waals surface area contributed by atoms with E-state index >= 15 is 0 Å². The Morgan fingerprint density at radius 2 is 1.94 bits per heavy atom. The van der Waals surface area contributed by atoms with Crippen LogP contribution in [0.15, 0.2) is 98.1 Å². The normalized spacial score (nSPS) is 33.4. The van der Waals surface area contributed by atoms with Crippen molar-refractivity contribution in [3.05, 3.63) is 126 Å². The average molecular weight is 919 g/mol. The molecule has 0 radical (unpaired) electrons. The van der Waals surface area contributed by atoms with E-state index in [1.54, 1.807) is 31.5 Å². The molecule has 356 valence electrons. The smallest absolute Gasteiger partial charge is 0.335 e. The number of aromatic nitrogens is 1. The molecule has 1 saturated heterocycles. The molecule has 13 atom stereocenters. The summed E-state index contributed by atoms with van der Waals surface area (Å²) < 4.78 is 33.9. The van der Waals surface area contributed by atoms with Crippen molar-refractivity contribution in [1.29, 1.82) is 5.26 Å². The number of hydrogen-bond acceptors (Lipinski definition) is 12. The van der Waals surface area contributed by atoms with E-state index in [-0.39, 0.29) is 55.6 Å². The zero-order valence-electron chi connectivity index (χ0n) is 37.9. The third kappa shape index (κ3) is 10.1. The van der Waals surface area contributed by atoms with E-state index in [2.05, 4.69) is 24.7 Å². The monoisotopic (exact) mass is 918 g/mol. The number of aliphatic hydroxyl groups excluding tert-OH is 4. The number of methoxy groups -OCH3 is 1. The highest BCUT2D eigenvalue weighted by Crippen LogP contribution is 2.58. The summed E-state index contributed by atoms with van der Waals surface area (Å²) in [5.74, 6) is 1.55. The largest absolute Gasteiger partial charge is 0.486 e. The Labute approximate surface area is 391 Å². The number of carboxylic acid groups (broad SMARTS) is 1. The highest BCUT2D eigenvalue weighted by molar-refractivity contribution is 5.87. The lowest BCUT2D eigenvalue weighted by atomic mass is 9.58. The van der Waals surface area contributed by atoms with Crippen LogP contribution in [0.5, 0.6) is 5.75 Å². The van der Waals surface area contributed by atoms with E-state index in [9.17, 15) is 40.7 Å². The van der Waals surface area contributed by atoms with Crippen LogP contribution in [0.25, 0.3) is 0 Å². The van der Waals surface area contributed by atoms with Crippen LogP contribution in [0, 0.1) is 52.4 Å². The fourth-order valence-corrected chi connectivity index (χ4v) is 11.5. The summed E-state index contributed by atoms with van der Waals surface area (Å²) in [6, 6.07) is 16.5. The van der Waals surface area contributed by atoms with Gasteiger partial charge in [0.25, 0.3) is 0 Å². The summed E-state index contributed by atoms with van der Waals surface area (Å²) in [5.41, 5.74) is -0.255. The van der Waals surface area contributed by atoms with Crippen molar-refractivity contribution < 1.29 is 59.1 Å². The van der Waals surface area contributed by atoms with Crippen LogP contribution in [0.2, 0.25) is 0 Å². The molecular weight excluding hydrogens is 857 g/mol. The molecule has 14 nitrogen and oxygen atoms in total. The first-order valence-electron chi connectivity index (χ1n) is 23.3. The number of aliphatic hydroxyl groups is 5. The summed E-state index contributed by atoms with van der Waals surface area (Å²) in [6.07, 6.45) is 11.4. The Bertz CT molecular complexity index is 2400. The molecule has 0 unspecified atom stereocenters. The lowest BCUT2D eigenvalue weighted by Crippen LogP contribution is -2.70. The Hall–Kier alpha value is -5.42. The van der Waals surface area contributed by atoms with Crippen LogP contribution >= 0.6 is 0 Å². The number of nitriles is 1. The summed E-state index contributed by atoms with van der Waals surface area (Å²) >= 11 is 0. The molecule has 2 spiro atoms. The molecule has 5 heterocycles. The van der Waals surface area contributed by atoms with Gasteiger partial charge in [-0.2, -0.15) is 5.26 Å². The minimum Gasteiger partial charge on any atom is -0.486 e. The molecule has 2 aromatic carbocycles. The highest BCUT2D eigenvalue weighted by atomic mass is 16.7. The lowest BCUT2D eigenvalue weighted by molar-refractivity contribution is -0.334. The molecule has 9 rings (SSSR count). The fraction of sp³-hybridized carbons (Fsp3) is 0.509. The van der Waals surface area contributed by atoms with Gasteiger partial charge < -0.3 is 58.9 Å². The number of carboxylic acids is 1. The summed E-state index contributed by atoms with van der Waals surface area (Å²) in [5, 5.41) is 78.1. The van der Waals surface area contributed by atoms with E-state index in [1.807, 2.05) is 65.4 Å². The quantitative estimate of drug-likeness (QED) is 0.0803. The molecule has 14 heteroatoms. The van der Waals surface area contributed by atoms with E-state index in [0.717, 1.165) is 16.7 Å². The second-order valence-electron chi connectivity index (χ2n) is 19.3. The molecule has 3 bridgehead atoms. The molecular formula is C53H62N2O12. The zero-order chi connectivity index (χ0) is 47.3. The maximum atomic E-state index is 12.6. The summed E-state index contributed by atoms with van der Waals surface area (Å²) in [6.45, 7) is 4.85. The van der Waals surface area contributed by atoms with Crippen molar-refractivity contribution in [2.75, 3.05) is 20.3 Å². The number of allylic oxidation sites excluding steroid dienone is 3. The zero-order valence-corrected chi connectivity index (χ0v) is 37.9. The first-order chi connectivity index (χ1) is 32.3. The second-order valence-corrected chi connectivity index (χ2v) is 19.3. The highest BCUT2D eigenvalue weighted by Gasteiger charge is 2.65. The molecule has 1 saturated carbocycles. The predicted molar refractivity (Wildman–Crippen MR) is 245 cm³/mol. The molecule has 0 amide bonds. The van der Waals surface area contributed by atoms with Crippen molar-refractivity contribution >= 4 is 5.97 Å². The van der Waals surface area contributed by atoms with Crippen LogP contribution in [0.3, 0.4) is 0 Å². The Kier molecular flexibility index (Phi) is 14.7. The number of benzene rings is 2. The average Bonchev–Trinajstić information content (AvgIpc) is 3.86. The Balaban J connectivity index is 1.13. The van der Waals surface area contributed by atoms with Crippen molar-refractivity contribution in [2.24, 2.45) is 29.1 Å². The molecule has 2 aliphatic carbocycles. The molecule has 6 N–H and O–H groups in total. The fourth-order valence-electron chi connectivity index (χ4n) is 11.5. The number of rotatable bonds is 16. The SMILES string of the molecule is C=CCc1ccc(O[C@H]2O[C@H]3[C@@H](O)[C@H](O)[C@]24C[C@@H]([C@H](O)CC#CO[C@@H]3CCCO)[C@@]2(C=CO4)C=C[C@H]3C[C@@H](Cc4ccc(C(=O)O)cc4)C[C@]3(O)C2)cc1C[C@@H](COC)Cn1ccc(C#N)c1. The van der Waals surface area contributed by atoms with Crippen LogP contribution in [0.1, 0.15) is 77.6 Å². The van der Waals surface area contributed by atoms with Gasteiger partial charge in [-0.05, 0) is 110 Å². The van der Waals surface area contributed by atoms with E-state index < -0.39 is 65.3 Å². The standard InChI is InChI=1S/C53H62N2O12/c1-3-6-38-13-14-42(26-40(38)24-37(32-63-2)31-55-19-16-35(29-54)30-55)66-50-53-28-43(44(57)7-5-21-64-45(8-4-20-56)47(67-50)46(58)48(53)59)51(18-22-65-53)17-15-41-25-36(27-52(41,62)33-51)23-34-9-11-39(12-10-34)49(60)61/h3,9-19,22,26,30,36-37,41,43-48,50,56-59,62H,1,4,6-8,20,23-25,27-28,31-33H2,2H3,(H,60,61)/t36-,37-,41+,43+,44-,45-,46-,47-,48+,50+,51-,52+,53-/m1/s1. The van der Waals surface area contributed by atoms with Gasteiger partial charge in [-0.25, -0.2) is 4.79 Å². The third-order valence-corrected chi connectivity index (χ3v) is 14.7. The van der Waals surface area contributed by atoms with E-state index in [1.165, 1.54) is 6.26 Å². The van der Waals surface area contributed by atoms with E-state index in [4.69, 9.17) is 23.7 Å². The van der Waals surface area contributed by atoms with Crippen LogP contribution in [-0.2, 0) is 44.8 Å². The van der Waals surface area contributed by atoms with Gasteiger partial charge in [0.2, 0.25) is 6.29 Å². The van der Waals surface area contributed by atoms with Crippen LogP contribution in [-0.4, -0.2) is 110 Å². The first-order valence-corrected chi connectivity index (χ1v) is 23.3. The van der Waals surface area contributed by atoms with Crippen LogP contribution in [0.4, 0.5) is 0 Å². The topological polar surface area (TPSA) is 213 Å².